The summed E-state index contributed by atoms with van der Waals surface area (Å²) in [6, 6.07) is 9.83. The van der Waals surface area contributed by atoms with Gasteiger partial charge in [-0.1, -0.05) is 36.4 Å². The van der Waals surface area contributed by atoms with E-state index in [9.17, 15) is 4.79 Å². The van der Waals surface area contributed by atoms with Gasteiger partial charge in [-0.15, -0.1) is 6.58 Å². The van der Waals surface area contributed by atoms with Gasteiger partial charge in [0.25, 0.3) is 0 Å². The molecule has 0 heterocycles. The fourth-order valence-electron chi connectivity index (χ4n) is 1.49. The third kappa shape index (κ3) is 4.83. The minimum atomic E-state index is -0.325. The van der Waals surface area contributed by atoms with Gasteiger partial charge in [-0.25, -0.2) is 0 Å². The standard InChI is InChI=1S/C14H18O3/c1-4-14(11(2)17-12(3)15)16-10-13-8-6-5-7-9-13/h4-9,11,14H,1,10H2,2-3H3/t11-,14+/m0/s1. The molecule has 0 amide bonds. The quantitative estimate of drug-likeness (QED) is 0.561. The summed E-state index contributed by atoms with van der Waals surface area (Å²) in [6.45, 7) is 7.33. The van der Waals surface area contributed by atoms with Crippen LogP contribution in [-0.2, 0) is 20.9 Å². The van der Waals surface area contributed by atoms with E-state index in [0.29, 0.717) is 6.61 Å². The Kier molecular flexibility index (Phi) is 5.43. The van der Waals surface area contributed by atoms with Gasteiger partial charge in [-0.05, 0) is 12.5 Å². The summed E-state index contributed by atoms with van der Waals surface area (Å²) in [5.74, 6) is -0.312. The molecule has 0 unspecified atom stereocenters. The molecule has 0 aliphatic carbocycles. The fraction of sp³-hybridized carbons (Fsp3) is 0.357. The smallest absolute Gasteiger partial charge is 0.302 e. The molecule has 0 N–H and O–H groups in total. The number of benzene rings is 1. The van der Waals surface area contributed by atoms with Crippen LogP contribution in [0.2, 0.25) is 0 Å². The zero-order valence-corrected chi connectivity index (χ0v) is 10.3. The number of ether oxygens (including phenoxy) is 2. The molecule has 0 saturated heterocycles. The second kappa shape index (κ2) is 6.86. The average molecular weight is 234 g/mol. The van der Waals surface area contributed by atoms with Crippen molar-refractivity contribution in [2.75, 3.05) is 0 Å². The molecule has 1 aromatic rings. The van der Waals surface area contributed by atoms with Crippen LogP contribution in [-0.4, -0.2) is 18.2 Å². The molecule has 0 aromatic heterocycles. The van der Waals surface area contributed by atoms with E-state index in [2.05, 4.69) is 6.58 Å². The lowest BCUT2D eigenvalue weighted by atomic mass is 10.2. The van der Waals surface area contributed by atoms with Crippen molar-refractivity contribution in [1.82, 2.24) is 0 Å². The third-order valence-electron chi connectivity index (χ3n) is 2.33. The van der Waals surface area contributed by atoms with Crippen LogP contribution in [0.3, 0.4) is 0 Å². The van der Waals surface area contributed by atoms with Crippen LogP contribution in [0.25, 0.3) is 0 Å². The number of rotatable bonds is 6. The molecule has 0 saturated carbocycles. The van der Waals surface area contributed by atoms with Gasteiger partial charge in [0.15, 0.2) is 0 Å². The lowest BCUT2D eigenvalue weighted by Gasteiger charge is -2.21. The Hall–Kier alpha value is -1.61. The predicted octanol–water partition coefficient (Wildman–Crippen LogP) is 2.71. The highest BCUT2D eigenvalue weighted by molar-refractivity contribution is 5.66. The van der Waals surface area contributed by atoms with Gasteiger partial charge in [-0.3, -0.25) is 4.79 Å². The Labute approximate surface area is 102 Å². The number of hydrogen-bond acceptors (Lipinski definition) is 3. The molecular weight excluding hydrogens is 216 g/mol. The molecule has 0 fully saturated rings. The van der Waals surface area contributed by atoms with Crippen LogP contribution in [0.15, 0.2) is 43.0 Å². The monoisotopic (exact) mass is 234 g/mol. The van der Waals surface area contributed by atoms with Gasteiger partial charge < -0.3 is 9.47 Å². The summed E-state index contributed by atoms with van der Waals surface area (Å²) < 4.78 is 10.7. The Morgan fingerprint density at radius 3 is 2.59 bits per heavy atom. The van der Waals surface area contributed by atoms with Crippen LogP contribution >= 0.6 is 0 Å². The fourth-order valence-corrected chi connectivity index (χ4v) is 1.49. The van der Waals surface area contributed by atoms with Gasteiger partial charge in [0.2, 0.25) is 0 Å². The van der Waals surface area contributed by atoms with E-state index in [0.717, 1.165) is 5.56 Å². The molecule has 17 heavy (non-hydrogen) atoms. The normalized spacial score (nSPS) is 13.8. The van der Waals surface area contributed by atoms with Crippen molar-refractivity contribution < 1.29 is 14.3 Å². The summed E-state index contributed by atoms with van der Waals surface area (Å²) in [5, 5.41) is 0. The number of carbonyl (C=O) groups excluding carboxylic acids is 1. The van der Waals surface area contributed by atoms with Crippen LogP contribution in [0.4, 0.5) is 0 Å². The molecule has 3 nitrogen and oxygen atoms in total. The van der Waals surface area contributed by atoms with Gasteiger partial charge >= 0.3 is 5.97 Å². The first-order valence-corrected chi connectivity index (χ1v) is 5.58. The van der Waals surface area contributed by atoms with Crippen molar-refractivity contribution in [3.8, 4) is 0 Å². The molecule has 2 atom stereocenters. The highest BCUT2D eigenvalue weighted by atomic mass is 16.6. The molecule has 0 bridgehead atoms. The molecule has 1 aromatic carbocycles. The number of hydrogen-bond donors (Lipinski definition) is 0. The molecule has 0 aliphatic rings. The second-order valence-electron chi connectivity index (χ2n) is 3.81. The number of esters is 1. The van der Waals surface area contributed by atoms with E-state index < -0.39 is 0 Å². The lowest BCUT2D eigenvalue weighted by Crippen LogP contribution is -2.28. The molecule has 0 radical (unpaired) electrons. The first kappa shape index (κ1) is 13.5. The summed E-state index contributed by atoms with van der Waals surface area (Å²) in [7, 11) is 0. The highest BCUT2D eigenvalue weighted by Gasteiger charge is 2.17. The highest BCUT2D eigenvalue weighted by Crippen LogP contribution is 2.09. The molecule has 3 heteroatoms. The van der Waals surface area contributed by atoms with E-state index in [4.69, 9.17) is 9.47 Å². The first-order valence-electron chi connectivity index (χ1n) is 5.58. The largest absolute Gasteiger partial charge is 0.460 e. The van der Waals surface area contributed by atoms with Crippen molar-refractivity contribution in [3.63, 3.8) is 0 Å². The third-order valence-corrected chi connectivity index (χ3v) is 2.33. The Morgan fingerprint density at radius 2 is 2.06 bits per heavy atom. The molecular formula is C14H18O3. The van der Waals surface area contributed by atoms with Crippen molar-refractivity contribution >= 4 is 5.97 Å². The van der Waals surface area contributed by atoms with Crippen molar-refractivity contribution in [2.24, 2.45) is 0 Å². The average Bonchev–Trinajstić information content (AvgIpc) is 2.30. The Morgan fingerprint density at radius 1 is 1.41 bits per heavy atom. The van der Waals surface area contributed by atoms with Crippen molar-refractivity contribution in [2.45, 2.75) is 32.7 Å². The second-order valence-corrected chi connectivity index (χ2v) is 3.81. The van der Waals surface area contributed by atoms with Crippen molar-refractivity contribution in [1.29, 1.82) is 0 Å². The molecule has 92 valence electrons. The van der Waals surface area contributed by atoms with Gasteiger partial charge in [-0.2, -0.15) is 0 Å². The molecule has 1 rings (SSSR count). The summed E-state index contributed by atoms with van der Waals surface area (Å²) in [4.78, 5) is 10.8. The van der Waals surface area contributed by atoms with Crippen LogP contribution < -0.4 is 0 Å². The Balaban J connectivity index is 2.47. The maximum atomic E-state index is 10.8. The van der Waals surface area contributed by atoms with E-state index in [-0.39, 0.29) is 18.2 Å². The predicted molar refractivity (Wildman–Crippen MR) is 66.4 cm³/mol. The van der Waals surface area contributed by atoms with E-state index >= 15 is 0 Å². The van der Waals surface area contributed by atoms with Crippen LogP contribution in [0.5, 0.6) is 0 Å². The topological polar surface area (TPSA) is 35.5 Å². The Bertz CT molecular complexity index is 359. The maximum absolute atomic E-state index is 10.8. The van der Waals surface area contributed by atoms with Gasteiger partial charge in [0.05, 0.1) is 6.61 Å². The number of carbonyl (C=O) groups is 1. The minimum absolute atomic E-state index is 0.292. The van der Waals surface area contributed by atoms with Crippen molar-refractivity contribution in [3.05, 3.63) is 48.6 Å². The summed E-state index contributed by atoms with van der Waals surface area (Å²) in [6.07, 6.45) is 1.03. The summed E-state index contributed by atoms with van der Waals surface area (Å²) >= 11 is 0. The zero-order chi connectivity index (χ0) is 12.7. The lowest BCUT2D eigenvalue weighted by molar-refractivity contribution is -0.151. The molecule has 0 spiro atoms. The van der Waals surface area contributed by atoms with Gasteiger partial charge in [0, 0.05) is 6.92 Å². The van der Waals surface area contributed by atoms with Crippen LogP contribution in [0.1, 0.15) is 19.4 Å². The van der Waals surface area contributed by atoms with E-state index in [1.54, 1.807) is 13.0 Å². The zero-order valence-electron chi connectivity index (χ0n) is 10.3. The van der Waals surface area contributed by atoms with Gasteiger partial charge in [0.1, 0.15) is 12.2 Å². The maximum Gasteiger partial charge on any atom is 0.302 e. The van der Waals surface area contributed by atoms with E-state index in [1.165, 1.54) is 6.92 Å². The van der Waals surface area contributed by atoms with E-state index in [1.807, 2.05) is 30.3 Å². The SMILES string of the molecule is C=C[C@@H](OCc1ccccc1)[C@H](C)OC(C)=O. The minimum Gasteiger partial charge on any atom is -0.460 e. The summed E-state index contributed by atoms with van der Waals surface area (Å²) in [5.41, 5.74) is 1.08. The molecule has 0 aliphatic heterocycles. The first-order chi connectivity index (χ1) is 8.13. The van der Waals surface area contributed by atoms with Crippen LogP contribution in [0, 0.1) is 0 Å².